The number of anilines is 3. The number of benzene rings is 3. The molecule has 0 saturated carbocycles. The number of nitrogens with one attached hydrogen (secondary N) is 3. The quantitative estimate of drug-likeness (QED) is 0.487. The van der Waals surface area contributed by atoms with E-state index in [4.69, 9.17) is 0 Å². The third-order valence-corrected chi connectivity index (χ3v) is 6.90. The Bertz CT molecular complexity index is 1380. The maximum Gasteiger partial charge on any atom is 0.258 e. The lowest BCUT2D eigenvalue weighted by molar-refractivity contribution is -0.115. The van der Waals surface area contributed by atoms with Crippen molar-refractivity contribution in [1.82, 2.24) is 4.72 Å². The zero-order chi connectivity index (χ0) is 25.2. The van der Waals surface area contributed by atoms with E-state index < -0.39 is 15.9 Å². The molecule has 0 fully saturated rings. The van der Waals surface area contributed by atoms with E-state index in [1.807, 2.05) is 0 Å². The summed E-state index contributed by atoms with van der Waals surface area (Å²) in [5.41, 5.74) is 2.29. The second-order valence-electron chi connectivity index (χ2n) is 8.29. The SMILES string of the molecule is CC(C)NS(=O)(=O)c1ccc(C(=O)Nc2ccc(C(=O)N3CC(=O)Nc4ccccc43)cc2)cc1. The topological polar surface area (TPSA) is 125 Å². The van der Waals surface area contributed by atoms with Crippen LogP contribution in [0, 0.1) is 0 Å². The second-order valence-corrected chi connectivity index (χ2v) is 10.0. The van der Waals surface area contributed by atoms with E-state index in [1.165, 1.54) is 29.2 Å². The van der Waals surface area contributed by atoms with Crippen LogP contribution in [-0.2, 0) is 14.8 Å². The Morgan fingerprint density at radius 2 is 1.54 bits per heavy atom. The number of fused-ring (bicyclic) bond motifs is 1. The van der Waals surface area contributed by atoms with E-state index in [0.29, 0.717) is 22.6 Å². The lowest BCUT2D eigenvalue weighted by Gasteiger charge is -2.29. The number of rotatable bonds is 6. The van der Waals surface area contributed by atoms with Crippen LogP contribution in [0.5, 0.6) is 0 Å². The van der Waals surface area contributed by atoms with E-state index in [-0.39, 0.29) is 34.9 Å². The van der Waals surface area contributed by atoms with Gasteiger partial charge in [0.05, 0.1) is 16.3 Å². The van der Waals surface area contributed by atoms with Crippen LogP contribution in [0.15, 0.2) is 77.7 Å². The summed E-state index contributed by atoms with van der Waals surface area (Å²) in [6, 6.07) is 18.7. The molecule has 0 atom stereocenters. The molecule has 3 amide bonds. The molecule has 0 aliphatic carbocycles. The Morgan fingerprint density at radius 3 is 2.20 bits per heavy atom. The smallest absolute Gasteiger partial charge is 0.258 e. The van der Waals surface area contributed by atoms with Crippen LogP contribution in [-0.4, -0.2) is 38.7 Å². The Hall–Kier alpha value is -4.02. The van der Waals surface area contributed by atoms with Gasteiger partial charge in [0.25, 0.3) is 11.8 Å². The molecular formula is C25H24N4O5S. The number of carbonyl (C=O) groups excluding carboxylic acids is 3. The van der Waals surface area contributed by atoms with Crippen LogP contribution in [0.3, 0.4) is 0 Å². The first-order valence-corrected chi connectivity index (χ1v) is 12.4. The molecule has 4 rings (SSSR count). The van der Waals surface area contributed by atoms with Crippen molar-refractivity contribution in [2.75, 3.05) is 22.1 Å². The highest BCUT2D eigenvalue weighted by molar-refractivity contribution is 7.89. The lowest BCUT2D eigenvalue weighted by atomic mass is 10.1. The number of para-hydroxylation sites is 2. The highest BCUT2D eigenvalue weighted by Gasteiger charge is 2.27. The first kappa shape index (κ1) is 24.1. The Kier molecular flexibility index (Phi) is 6.68. The fourth-order valence-electron chi connectivity index (χ4n) is 3.63. The zero-order valence-corrected chi connectivity index (χ0v) is 19.9. The first-order chi connectivity index (χ1) is 16.6. The molecule has 180 valence electrons. The lowest BCUT2D eigenvalue weighted by Crippen LogP contribution is -2.42. The Morgan fingerprint density at radius 1 is 0.914 bits per heavy atom. The monoisotopic (exact) mass is 492 g/mol. The van der Waals surface area contributed by atoms with Gasteiger partial charge in [0.1, 0.15) is 6.54 Å². The number of hydrogen-bond acceptors (Lipinski definition) is 5. The Labute approximate surface area is 203 Å². The van der Waals surface area contributed by atoms with E-state index in [2.05, 4.69) is 15.4 Å². The fourth-order valence-corrected chi connectivity index (χ4v) is 4.88. The molecule has 1 aliphatic heterocycles. The molecule has 9 nitrogen and oxygen atoms in total. The molecule has 0 spiro atoms. The normalized spacial score (nSPS) is 13.2. The third kappa shape index (κ3) is 5.39. The van der Waals surface area contributed by atoms with Crippen molar-refractivity contribution in [3.8, 4) is 0 Å². The van der Waals surface area contributed by atoms with E-state index >= 15 is 0 Å². The number of nitrogens with zero attached hydrogens (tertiary/aromatic N) is 1. The zero-order valence-electron chi connectivity index (χ0n) is 19.1. The molecule has 35 heavy (non-hydrogen) atoms. The van der Waals surface area contributed by atoms with Crippen molar-refractivity contribution >= 4 is 44.8 Å². The standard InChI is InChI=1S/C25H24N4O5S/c1-16(2)28-35(33,34)20-13-9-17(10-14-20)24(31)26-19-11-7-18(8-12-19)25(32)29-15-23(30)27-21-5-3-4-6-22(21)29/h3-14,16,28H,15H2,1-2H3,(H,26,31)(H,27,30). The average Bonchev–Trinajstić information content (AvgIpc) is 2.83. The van der Waals surface area contributed by atoms with Gasteiger partial charge in [0, 0.05) is 22.9 Å². The highest BCUT2D eigenvalue weighted by atomic mass is 32.2. The van der Waals surface area contributed by atoms with E-state index in [1.54, 1.807) is 62.4 Å². The van der Waals surface area contributed by atoms with Gasteiger partial charge in [-0.1, -0.05) is 12.1 Å². The minimum Gasteiger partial charge on any atom is -0.323 e. The molecule has 10 heteroatoms. The maximum absolute atomic E-state index is 13.0. The van der Waals surface area contributed by atoms with Crippen LogP contribution >= 0.6 is 0 Å². The summed E-state index contributed by atoms with van der Waals surface area (Å²) >= 11 is 0. The largest absolute Gasteiger partial charge is 0.323 e. The molecular weight excluding hydrogens is 468 g/mol. The van der Waals surface area contributed by atoms with Gasteiger partial charge in [-0.15, -0.1) is 0 Å². The van der Waals surface area contributed by atoms with Crippen LogP contribution in [0.25, 0.3) is 0 Å². The summed E-state index contributed by atoms with van der Waals surface area (Å²) in [6.07, 6.45) is 0. The van der Waals surface area contributed by atoms with Crippen molar-refractivity contribution in [3.63, 3.8) is 0 Å². The fraction of sp³-hybridized carbons (Fsp3) is 0.160. The third-order valence-electron chi connectivity index (χ3n) is 5.22. The van der Waals surface area contributed by atoms with Crippen molar-refractivity contribution in [2.45, 2.75) is 24.8 Å². The molecule has 0 unspecified atom stereocenters. The second kappa shape index (κ2) is 9.69. The van der Waals surface area contributed by atoms with Gasteiger partial charge in [-0.2, -0.15) is 0 Å². The summed E-state index contributed by atoms with van der Waals surface area (Å²) in [5, 5.41) is 5.47. The summed E-state index contributed by atoms with van der Waals surface area (Å²) < 4.78 is 27.0. The van der Waals surface area contributed by atoms with Crippen molar-refractivity contribution in [3.05, 3.63) is 83.9 Å². The molecule has 1 heterocycles. The van der Waals surface area contributed by atoms with Gasteiger partial charge in [-0.3, -0.25) is 19.3 Å². The first-order valence-electron chi connectivity index (χ1n) is 10.9. The predicted octanol–water partition coefficient (Wildman–Crippen LogP) is 3.22. The molecule has 0 saturated heterocycles. The Balaban J connectivity index is 1.45. The minimum absolute atomic E-state index is 0.0681. The summed E-state index contributed by atoms with van der Waals surface area (Å²) in [6.45, 7) is 3.35. The van der Waals surface area contributed by atoms with Crippen molar-refractivity contribution < 1.29 is 22.8 Å². The van der Waals surface area contributed by atoms with Crippen molar-refractivity contribution in [1.29, 1.82) is 0 Å². The molecule has 1 aliphatic rings. The van der Waals surface area contributed by atoms with Crippen molar-refractivity contribution in [2.24, 2.45) is 0 Å². The van der Waals surface area contributed by atoms with Gasteiger partial charge in [0.15, 0.2) is 0 Å². The van der Waals surface area contributed by atoms with Crippen LogP contribution < -0.4 is 20.3 Å². The maximum atomic E-state index is 13.0. The number of hydrogen-bond donors (Lipinski definition) is 3. The molecule has 3 N–H and O–H groups in total. The average molecular weight is 493 g/mol. The van der Waals surface area contributed by atoms with Crippen LogP contribution in [0.1, 0.15) is 34.6 Å². The highest BCUT2D eigenvalue weighted by Crippen LogP contribution is 2.30. The van der Waals surface area contributed by atoms with Gasteiger partial charge in [-0.25, -0.2) is 13.1 Å². The summed E-state index contributed by atoms with van der Waals surface area (Å²) in [4.78, 5) is 39.1. The van der Waals surface area contributed by atoms with Crippen LogP contribution in [0.4, 0.5) is 17.1 Å². The van der Waals surface area contributed by atoms with Gasteiger partial charge in [-0.05, 0) is 74.5 Å². The van der Waals surface area contributed by atoms with Crippen LogP contribution in [0.2, 0.25) is 0 Å². The number of carbonyl (C=O) groups is 3. The molecule has 3 aromatic rings. The predicted molar refractivity (Wildman–Crippen MR) is 133 cm³/mol. The minimum atomic E-state index is -3.65. The molecule has 0 aromatic heterocycles. The molecule has 3 aromatic carbocycles. The van der Waals surface area contributed by atoms with Gasteiger partial charge >= 0.3 is 0 Å². The molecule has 0 radical (unpaired) electrons. The van der Waals surface area contributed by atoms with E-state index in [9.17, 15) is 22.8 Å². The van der Waals surface area contributed by atoms with Gasteiger partial charge < -0.3 is 10.6 Å². The molecule has 0 bridgehead atoms. The van der Waals surface area contributed by atoms with Gasteiger partial charge in [0.2, 0.25) is 15.9 Å². The van der Waals surface area contributed by atoms with E-state index in [0.717, 1.165) is 0 Å². The summed E-state index contributed by atoms with van der Waals surface area (Å²) in [5.74, 6) is -1.04. The number of amides is 3. The number of sulfonamides is 1. The summed E-state index contributed by atoms with van der Waals surface area (Å²) in [7, 11) is -3.65.